The summed E-state index contributed by atoms with van der Waals surface area (Å²) in [5, 5.41) is 87.9. The number of nitrogens with one attached hydrogen (secondary N) is 1. The maximum absolute atomic E-state index is 13.4. The van der Waals surface area contributed by atoms with Gasteiger partial charge in [0.1, 0.15) is 48.8 Å². The second-order valence-electron chi connectivity index (χ2n) is 27.8. The van der Waals surface area contributed by atoms with Gasteiger partial charge in [-0.2, -0.15) is 0 Å². The minimum absolute atomic E-state index is 0.204. The van der Waals surface area contributed by atoms with E-state index in [0.717, 1.165) is 96.3 Å². The normalized spacial score (nSPS) is 22.7. The van der Waals surface area contributed by atoms with Gasteiger partial charge in [-0.1, -0.05) is 343 Å². The Labute approximate surface area is 586 Å². The summed E-state index contributed by atoms with van der Waals surface area (Å²) in [4.78, 5) is 13.4. The Morgan fingerprint density at radius 3 is 1.10 bits per heavy atom. The van der Waals surface area contributed by atoms with Crippen molar-refractivity contribution in [2.75, 3.05) is 19.8 Å². The fourth-order valence-electron chi connectivity index (χ4n) is 12.9. The van der Waals surface area contributed by atoms with Crippen LogP contribution in [-0.2, 0) is 23.7 Å². The molecule has 12 atom stereocenters. The highest BCUT2D eigenvalue weighted by atomic mass is 16.7. The molecule has 0 spiro atoms. The molecule has 0 radical (unpaired) electrons. The number of carbonyl (C=O) groups is 1. The van der Waals surface area contributed by atoms with Crippen molar-refractivity contribution < 1.29 is 64.6 Å². The molecule has 0 aromatic carbocycles. The van der Waals surface area contributed by atoms with Gasteiger partial charge in [-0.05, 0) is 70.6 Å². The Bertz CT molecular complexity index is 1940. The van der Waals surface area contributed by atoms with Gasteiger partial charge in [0.15, 0.2) is 12.6 Å². The van der Waals surface area contributed by atoms with Crippen LogP contribution in [0.15, 0.2) is 85.1 Å². The Kier molecular flexibility index (Phi) is 60.9. The largest absolute Gasteiger partial charge is 0.394 e. The quantitative estimate of drug-likeness (QED) is 0.0204. The summed E-state index contributed by atoms with van der Waals surface area (Å²) in [6, 6.07) is -0.834. The maximum atomic E-state index is 13.4. The smallest absolute Gasteiger partial charge is 0.220 e. The SMILES string of the molecule is CC/C=C\C/C=C\C/C=C\C/C=C\C/C=C\C/C=C\C/C=C\CCCCCCCCCCCCCCCCCC(=O)NC(COC1OC(CO)C(OC2OC(CO)C(O)C(O)C2O)C(O)C1O)C(O)CCCCCCCCCCCCCCCCCCCCCCCCCCC. The molecule has 9 N–H and O–H groups in total. The van der Waals surface area contributed by atoms with Crippen molar-refractivity contribution in [1.29, 1.82) is 0 Å². The lowest BCUT2D eigenvalue weighted by molar-refractivity contribution is -0.359. The Balaban J connectivity index is 1.60. The van der Waals surface area contributed by atoms with Crippen molar-refractivity contribution in [3.63, 3.8) is 0 Å². The monoisotopic (exact) mass is 1350 g/mol. The van der Waals surface area contributed by atoms with Gasteiger partial charge in [0.2, 0.25) is 5.91 Å². The van der Waals surface area contributed by atoms with E-state index in [4.69, 9.17) is 18.9 Å². The van der Waals surface area contributed by atoms with Crippen molar-refractivity contribution in [3.8, 4) is 0 Å². The summed E-state index contributed by atoms with van der Waals surface area (Å²) in [7, 11) is 0. The molecule has 0 bridgehead atoms. The van der Waals surface area contributed by atoms with Crippen LogP contribution in [0.25, 0.3) is 0 Å². The lowest BCUT2D eigenvalue weighted by Gasteiger charge is -2.46. The summed E-state index contributed by atoms with van der Waals surface area (Å²) in [6.45, 7) is 2.79. The van der Waals surface area contributed by atoms with Gasteiger partial charge in [-0.15, -0.1) is 0 Å². The first-order valence-corrected chi connectivity index (χ1v) is 39.8. The highest BCUT2D eigenvalue weighted by Gasteiger charge is 2.51. The fourth-order valence-corrected chi connectivity index (χ4v) is 12.9. The number of aliphatic hydroxyl groups excluding tert-OH is 8. The van der Waals surface area contributed by atoms with Crippen LogP contribution in [0.5, 0.6) is 0 Å². The zero-order valence-electron chi connectivity index (χ0n) is 61.1. The minimum Gasteiger partial charge on any atom is -0.394 e. The van der Waals surface area contributed by atoms with E-state index in [1.165, 1.54) is 212 Å². The van der Waals surface area contributed by atoms with Gasteiger partial charge < -0.3 is 65.1 Å². The molecule has 96 heavy (non-hydrogen) atoms. The predicted molar refractivity (Wildman–Crippen MR) is 396 cm³/mol. The van der Waals surface area contributed by atoms with Crippen molar-refractivity contribution in [2.24, 2.45) is 0 Å². The molecule has 12 unspecified atom stereocenters. The van der Waals surface area contributed by atoms with Crippen LogP contribution in [0.3, 0.4) is 0 Å². The second kappa shape index (κ2) is 65.5. The maximum Gasteiger partial charge on any atom is 0.220 e. The highest BCUT2D eigenvalue weighted by Crippen LogP contribution is 2.30. The Morgan fingerprint density at radius 2 is 0.719 bits per heavy atom. The zero-order chi connectivity index (χ0) is 69.4. The molecule has 14 nitrogen and oxygen atoms in total. The lowest BCUT2D eigenvalue weighted by Crippen LogP contribution is -2.65. The summed E-state index contributed by atoms with van der Waals surface area (Å²) in [5.41, 5.74) is 0. The number of hydrogen-bond donors (Lipinski definition) is 9. The third-order valence-corrected chi connectivity index (χ3v) is 19.1. The topological polar surface area (TPSA) is 228 Å². The number of allylic oxidation sites excluding steroid dienone is 14. The number of hydrogen-bond acceptors (Lipinski definition) is 13. The van der Waals surface area contributed by atoms with Gasteiger partial charge in [0.05, 0.1) is 32.0 Å². The molecule has 2 heterocycles. The standard InChI is InChI=1S/C82H147NO13/c1-3-5-7-9-11-13-15-17-19-21-23-25-27-29-30-31-32-33-34-35-36-37-38-39-40-42-44-46-48-50-52-54-56-58-60-62-64-66-74(87)83-70(69-93-81-79(92)77(90)80(73(68-85)95-81)96-82-78(91)76(89)75(88)72(67-84)94-82)71(86)65-63-61-59-57-55-53-51-49-47-45-43-41-28-26-24-22-20-18-16-14-12-10-8-6-4-2/h5,7,11,13,17,19,23,25,29-30,32-33,35-36,70-73,75-82,84-86,88-92H,3-4,6,8-10,12,14-16,18,20-22,24,26-28,31,34,37-69H2,1-2H3,(H,83,87)/b7-5-,13-11-,19-17-,25-23-,30-29-,33-32-,36-35-. The van der Waals surface area contributed by atoms with Crippen molar-refractivity contribution in [2.45, 2.75) is 408 Å². The van der Waals surface area contributed by atoms with E-state index in [-0.39, 0.29) is 12.5 Å². The van der Waals surface area contributed by atoms with Crippen LogP contribution in [0.4, 0.5) is 0 Å². The molecule has 0 aromatic rings. The number of carbonyl (C=O) groups excluding carboxylic acids is 1. The van der Waals surface area contributed by atoms with E-state index in [2.05, 4.69) is 104 Å². The van der Waals surface area contributed by atoms with Crippen LogP contribution in [0, 0.1) is 0 Å². The molecule has 2 fully saturated rings. The molecule has 14 heteroatoms. The summed E-state index contributed by atoms with van der Waals surface area (Å²) in [5.74, 6) is -0.204. The van der Waals surface area contributed by atoms with Crippen LogP contribution in [0.1, 0.15) is 335 Å². The van der Waals surface area contributed by atoms with Crippen molar-refractivity contribution in [3.05, 3.63) is 85.1 Å². The van der Waals surface area contributed by atoms with Gasteiger partial charge in [-0.3, -0.25) is 4.79 Å². The van der Waals surface area contributed by atoms with E-state index < -0.39 is 86.8 Å². The van der Waals surface area contributed by atoms with Crippen LogP contribution >= 0.6 is 0 Å². The van der Waals surface area contributed by atoms with Crippen LogP contribution in [-0.4, -0.2) is 140 Å². The predicted octanol–water partition coefficient (Wildman–Crippen LogP) is 17.9. The molecule has 2 aliphatic rings. The summed E-state index contributed by atoms with van der Waals surface area (Å²) in [6.07, 6.45) is 74.7. The average molecular weight is 1360 g/mol. The lowest BCUT2D eigenvalue weighted by atomic mass is 9.97. The molecule has 2 saturated heterocycles. The van der Waals surface area contributed by atoms with E-state index >= 15 is 0 Å². The fraction of sp³-hybridized carbons (Fsp3) is 0.817. The molecule has 558 valence electrons. The third kappa shape index (κ3) is 48.1. The van der Waals surface area contributed by atoms with E-state index in [9.17, 15) is 45.6 Å². The molecule has 2 aliphatic heterocycles. The second-order valence-corrected chi connectivity index (χ2v) is 27.8. The number of aliphatic hydroxyl groups is 8. The summed E-state index contributed by atoms with van der Waals surface area (Å²) >= 11 is 0. The Hall–Kier alpha value is -2.83. The number of ether oxygens (including phenoxy) is 4. The highest BCUT2D eigenvalue weighted by molar-refractivity contribution is 5.76. The third-order valence-electron chi connectivity index (χ3n) is 19.1. The van der Waals surface area contributed by atoms with E-state index in [0.29, 0.717) is 12.8 Å². The van der Waals surface area contributed by atoms with Crippen molar-refractivity contribution in [1.82, 2.24) is 5.32 Å². The molecule has 0 saturated carbocycles. The van der Waals surface area contributed by atoms with Gasteiger partial charge in [0, 0.05) is 6.42 Å². The summed E-state index contributed by atoms with van der Waals surface area (Å²) < 4.78 is 23.0. The Morgan fingerprint density at radius 1 is 0.385 bits per heavy atom. The van der Waals surface area contributed by atoms with E-state index in [1.807, 2.05) is 0 Å². The average Bonchev–Trinajstić information content (AvgIpc) is 0.857. The van der Waals surface area contributed by atoms with Crippen LogP contribution < -0.4 is 5.32 Å². The molecule has 0 aliphatic carbocycles. The first kappa shape index (κ1) is 89.3. The van der Waals surface area contributed by atoms with Gasteiger partial charge in [-0.25, -0.2) is 0 Å². The van der Waals surface area contributed by atoms with E-state index in [1.54, 1.807) is 0 Å². The first-order valence-electron chi connectivity index (χ1n) is 39.8. The molecule has 1 amide bonds. The molecule has 2 rings (SSSR count). The molecule has 0 aromatic heterocycles. The zero-order valence-corrected chi connectivity index (χ0v) is 61.1. The first-order chi connectivity index (χ1) is 47.1. The number of unbranched alkanes of at least 4 members (excludes halogenated alkanes) is 39. The number of rotatable bonds is 66. The van der Waals surface area contributed by atoms with Gasteiger partial charge >= 0.3 is 0 Å². The number of amides is 1. The molecular weight excluding hydrogens is 1210 g/mol. The minimum atomic E-state index is -1.79. The van der Waals surface area contributed by atoms with Gasteiger partial charge in [0.25, 0.3) is 0 Å². The molecular formula is C82H147NO13. The van der Waals surface area contributed by atoms with Crippen molar-refractivity contribution >= 4 is 5.91 Å². The van der Waals surface area contributed by atoms with Crippen LogP contribution in [0.2, 0.25) is 0 Å².